The molecule has 0 aliphatic rings. The molecule has 1 aromatic heterocycles. The monoisotopic (exact) mass is 524 g/mol. The van der Waals surface area contributed by atoms with E-state index in [9.17, 15) is 14.4 Å². The lowest BCUT2D eigenvalue weighted by atomic mass is 10.1. The number of likely N-dealkylation sites (N-methyl/N-ethyl adjacent to an activating group) is 1. The fourth-order valence-corrected chi connectivity index (χ4v) is 3.88. The minimum atomic E-state index is -0.275. The molecule has 3 aromatic rings. The second-order valence-electron chi connectivity index (χ2n) is 9.03. The maximum absolute atomic E-state index is 11.8. The van der Waals surface area contributed by atoms with E-state index in [1.807, 2.05) is 65.8 Å². The van der Waals surface area contributed by atoms with Crippen molar-refractivity contribution in [3.8, 4) is 16.3 Å². The Bertz CT molecular complexity index is 1200. The molecule has 9 heteroatoms. The van der Waals surface area contributed by atoms with Crippen molar-refractivity contribution >= 4 is 29.1 Å². The van der Waals surface area contributed by atoms with E-state index in [-0.39, 0.29) is 36.4 Å². The van der Waals surface area contributed by atoms with E-state index in [4.69, 9.17) is 4.74 Å². The minimum Gasteiger partial charge on any atom is -0.491 e. The lowest BCUT2D eigenvalue weighted by molar-refractivity contribution is -0.119. The molecule has 0 unspecified atom stereocenters. The van der Waals surface area contributed by atoms with Gasteiger partial charge >= 0.3 is 0 Å². The first-order chi connectivity index (χ1) is 17.5. The zero-order valence-electron chi connectivity index (χ0n) is 22.5. The number of aromatic nitrogens is 1. The molecule has 198 valence electrons. The van der Waals surface area contributed by atoms with E-state index in [1.165, 1.54) is 23.9 Å². The number of benzene rings is 2. The molecule has 2 aromatic carbocycles. The molecule has 0 aliphatic heterocycles. The van der Waals surface area contributed by atoms with Gasteiger partial charge in [-0.2, -0.15) is 0 Å². The zero-order valence-corrected chi connectivity index (χ0v) is 23.3. The predicted octanol–water partition coefficient (Wildman–Crippen LogP) is 4.51. The average Bonchev–Trinajstić information content (AvgIpc) is 3.34. The number of nitrogens with one attached hydrogen (secondary N) is 3. The van der Waals surface area contributed by atoms with Crippen LogP contribution in [0.15, 0.2) is 47.8 Å². The van der Waals surface area contributed by atoms with Crippen LogP contribution in [0.4, 0.5) is 0 Å². The van der Waals surface area contributed by atoms with Crippen LogP contribution < -0.4 is 20.7 Å². The maximum Gasteiger partial charge on any atom is 0.270 e. The Morgan fingerprint density at radius 2 is 1.65 bits per heavy atom. The van der Waals surface area contributed by atoms with E-state index >= 15 is 0 Å². The highest BCUT2D eigenvalue weighted by Crippen LogP contribution is 2.24. The van der Waals surface area contributed by atoms with Gasteiger partial charge in [-0.15, -0.1) is 11.3 Å². The summed E-state index contributed by atoms with van der Waals surface area (Å²) < 4.78 is 5.60. The smallest absolute Gasteiger partial charge is 0.270 e. The zero-order chi connectivity index (χ0) is 27.5. The third-order valence-electron chi connectivity index (χ3n) is 4.94. The second kappa shape index (κ2) is 14.1. The third-order valence-corrected chi connectivity index (χ3v) is 5.83. The number of carbonyl (C=O) groups excluding carboxylic acids is 3. The highest BCUT2D eigenvalue weighted by atomic mass is 32.1. The largest absolute Gasteiger partial charge is 0.491 e. The molecular formula is C28H36N4O4S. The van der Waals surface area contributed by atoms with Crippen LogP contribution in [0.5, 0.6) is 5.75 Å². The summed E-state index contributed by atoms with van der Waals surface area (Å²) in [5.74, 6) is 0.144. The first-order valence-electron chi connectivity index (χ1n) is 12.1. The van der Waals surface area contributed by atoms with Crippen LogP contribution >= 0.6 is 11.3 Å². The van der Waals surface area contributed by atoms with Crippen LogP contribution in [0.3, 0.4) is 0 Å². The number of carbonyl (C=O) groups is 3. The highest BCUT2D eigenvalue weighted by molar-refractivity contribution is 7.13. The molecule has 0 bridgehead atoms. The number of hydrogen-bond donors (Lipinski definition) is 3. The van der Waals surface area contributed by atoms with Gasteiger partial charge < -0.3 is 20.7 Å². The van der Waals surface area contributed by atoms with Gasteiger partial charge in [0.25, 0.3) is 11.8 Å². The van der Waals surface area contributed by atoms with Crippen molar-refractivity contribution in [1.82, 2.24) is 20.9 Å². The number of amides is 3. The minimum absolute atomic E-state index is 0.0291. The van der Waals surface area contributed by atoms with E-state index in [0.29, 0.717) is 11.3 Å². The second-order valence-corrected chi connectivity index (χ2v) is 9.89. The summed E-state index contributed by atoms with van der Waals surface area (Å²) in [7, 11) is 1.52. The van der Waals surface area contributed by atoms with E-state index < -0.39 is 0 Å². The lowest BCUT2D eigenvalue weighted by Gasteiger charge is -2.13. The summed E-state index contributed by atoms with van der Waals surface area (Å²) in [6.45, 7) is 11.7. The number of ether oxygens (including phenoxy) is 1. The molecule has 1 heterocycles. The summed E-state index contributed by atoms with van der Waals surface area (Å²) in [6.07, 6.45) is 0.0895. The van der Waals surface area contributed by atoms with Gasteiger partial charge in [-0.05, 0) is 65.3 Å². The summed E-state index contributed by atoms with van der Waals surface area (Å²) >= 11 is 1.49. The van der Waals surface area contributed by atoms with E-state index in [0.717, 1.165) is 21.9 Å². The average molecular weight is 525 g/mol. The van der Waals surface area contributed by atoms with Crippen molar-refractivity contribution in [3.63, 3.8) is 0 Å². The predicted molar refractivity (Wildman–Crippen MR) is 148 cm³/mol. The van der Waals surface area contributed by atoms with E-state index in [2.05, 4.69) is 20.9 Å². The molecule has 3 N–H and O–H groups in total. The van der Waals surface area contributed by atoms with Crippen LogP contribution in [-0.4, -0.2) is 48.4 Å². The standard InChI is InChI=1S/C14H20N2O3.C14H16N2OS/c1-9(2)19-12-6-5-11(7-10(12)3)14(18)16-8-13(17)15-4;1-9(2)15-13(17)12-8-18-14(16-12)11-6-4-10(3)5-7-11/h5-7,9H,8H2,1-4H3,(H,15,17)(H,16,18);4-9H,1-3H3,(H,15,17). The van der Waals surface area contributed by atoms with Crippen molar-refractivity contribution in [2.75, 3.05) is 13.6 Å². The van der Waals surface area contributed by atoms with E-state index in [1.54, 1.807) is 23.6 Å². The normalized spacial score (nSPS) is 10.4. The van der Waals surface area contributed by atoms with Crippen LogP contribution in [0.1, 0.15) is 59.7 Å². The molecule has 0 fully saturated rings. The van der Waals surface area contributed by atoms with Gasteiger partial charge in [0.15, 0.2) is 0 Å². The summed E-state index contributed by atoms with van der Waals surface area (Å²) in [6, 6.07) is 13.5. The maximum atomic E-state index is 11.8. The van der Waals surface area contributed by atoms with Crippen LogP contribution in [0, 0.1) is 13.8 Å². The number of thiazole rings is 1. The van der Waals surface area contributed by atoms with Crippen molar-refractivity contribution in [2.45, 2.75) is 53.7 Å². The molecule has 37 heavy (non-hydrogen) atoms. The first-order valence-corrected chi connectivity index (χ1v) is 13.0. The van der Waals surface area contributed by atoms with Gasteiger partial charge in [0, 0.05) is 29.6 Å². The number of hydrogen-bond acceptors (Lipinski definition) is 6. The van der Waals surface area contributed by atoms with Gasteiger partial charge in [0.2, 0.25) is 5.91 Å². The Balaban J connectivity index is 0.000000260. The number of rotatable bonds is 8. The number of nitrogens with zero attached hydrogens (tertiary/aromatic N) is 1. The van der Waals surface area contributed by atoms with Gasteiger partial charge in [0.1, 0.15) is 16.5 Å². The Morgan fingerprint density at radius 3 is 2.22 bits per heavy atom. The lowest BCUT2D eigenvalue weighted by Crippen LogP contribution is -2.35. The fourth-order valence-electron chi connectivity index (χ4n) is 3.07. The third kappa shape index (κ3) is 9.69. The summed E-state index contributed by atoms with van der Waals surface area (Å²) in [5, 5.41) is 10.5. The molecule has 8 nitrogen and oxygen atoms in total. The van der Waals surface area contributed by atoms with Gasteiger partial charge in [-0.25, -0.2) is 4.98 Å². The molecule has 0 aliphatic carbocycles. The van der Waals surface area contributed by atoms with Crippen molar-refractivity contribution in [3.05, 3.63) is 70.2 Å². The molecule has 0 spiro atoms. The van der Waals surface area contributed by atoms with Gasteiger partial charge in [-0.1, -0.05) is 29.8 Å². The quantitative estimate of drug-likeness (QED) is 0.402. The van der Waals surface area contributed by atoms with Gasteiger partial charge in [0.05, 0.1) is 12.6 Å². The van der Waals surface area contributed by atoms with Crippen molar-refractivity contribution in [1.29, 1.82) is 0 Å². The molecule has 0 saturated heterocycles. The SMILES string of the molecule is CNC(=O)CNC(=O)c1ccc(OC(C)C)c(C)c1.Cc1ccc(-c2nc(C(=O)NC(C)C)cs2)cc1. The first kappa shape index (κ1) is 29.5. The van der Waals surface area contributed by atoms with Crippen LogP contribution in [0.2, 0.25) is 0 Å². The summed E-state index contributed by atoms with van der Waals surface area (Å²) in [5.41, 5.74) is 4.16. The van der Waals surface area contributed by atoms with Crippen LogP contribution in [-0.2, 0) is 4.79 Å². The molecule has 0 saturated carbocycles. The summed E-state index contributed by atoms with van der Waals surface area (Å²) in [4.78, 5) is 39.0. The molecule has 0 radical (unpaired) electrons. The van der Waals surface area contributed by atoms with Crippen molar-refractivity contribution < 1.29 is 19.1 Å². The van der Waals surface area contributed by atoms with Crippen molar-refractivity contribution in [2.24, 2.45) is 0 Å². The Hall–Kier alpha value is -3.72. The fraction of sp³-hybridized carbons (Fsp3) is 0.357. The van der Waals surface area contributed by atoms with Gasteiger partial charge in [-0.3, -0.25) is 14.4 Å². The topological polar surface area (TPSA) is 109 Å². The number of aryl methyl sites for hydroxylation is 2. The molecular weight excluding hydrogens is 488 g/mol. The Morgan fingerprint density at radius 1 is 0.973 bits per heavy atom. The molecule has 3 amide bonds. The Labute approximate surface area is 222 Å². The highest BCUT2D eigenvalue weighted by Gasteiger charge is 2.12. The molecule has 0 atom stereocenters. The molecule has 3 rings (SSSR count). The Kier molecular flexibility index (Phi) is 11.3. The van der Waals surface area contributed by atoms with Crippen LogP contribution in [0.25, 0.3) is 10.6 Å².